The molecule has 1 aliphatic rings. The molecule has 1 aliphatic carbocycles. The van der Waals surface area contributed by atoms with Crippen molar-refractivity contribution in [1.29, 1.82) is 0 Å². The van der Waals surface area contributed by atoms with Crippen LogP contribution in [0.1, 0.15) is 12.8 Å². The van der Waals surface area contributed by atoms with Gasteiger partial charge in [-0.1, -0.05) is 0 Å². The molecule has 0 unspecified atom stereocenters. The van der Waals surface area contributed by atoms with E-state index >= 15 is 0 Å². The van der Waals surface area contributed by atoms with Crippen molar-refractivity contribution < 1.29 is 10.2 Å². The van der Waals surface area contributed by atoms with Crippen LogP contribution in [-0.4, -0.2) is 18.3 Å². The third-order valence-electron chi connectivity index (χ3n) is 1.60. The third-order valence-corrected chi connectivity index (χ3v) is 1.60. The van der Waals surface area contributed by atoms with Gasteiger partial charge in [-0.2, -0.15) is 0 Å². The number of aliphatic hydroxyl groups excluding tert-OH is 1. The monoisotopic (exact) mass is 101 g/mol. The molecule has 0 aromatic heterocycles. The van der Waals surface area contributed by atoms with Crippen molar-refractivity contribution >= 4 is 0 Å². The molecule has 0 heterocycles. The van der Waals surface area contributed by atoms with Crippen molar-refractivity contribution in [2.24, 2.45) is 5.41 Å². The van der Waals surface area contributed by atoms with E-state index in [1.807, 2.05) is 0 Å². The van der Waals surface area contributed by atoms with Crippen molar-refractivity contribution in [3.63, 3.8) is 0 Å². The Labute approximate surface area is 42.8 Å². The van der Waals surface area contributed by atoms with Gasteiger partial charge in [0.1, 0.15) is 0 Å². The van der Waals surface area contributed by atoms with Crippen molar-refractivity contribution in [3.05, 3.63) is 0 Å². The minimum absolute atomic E-state index is 0.0938. The van der Waals surface area contributed by atoms with Crippen molar-refractivity contribution in [1.82, 2.24) is 0 Å². The second-order valence-electron chi connectivity index (χ2n) is 2.30. The van der Waals surface area contributed by atoms with Crippen LogP contribution in [0.4, 0.5) is 0 Å². The minimum atomic E-state index is -0.167. The van der Waals surface area contributed by atoms with Crippen LogP contribution in [0, 0.1) is 5.41 Å². The van der Waals surface area contributed by atoms with Crippen LogP contribution in [0.25, 0.3) is 0 Å². The Kier molecular flexibility index (Phi) is 1.05. The summed E-state index contributed by atoms with van der Waals surface area (Å²) in [5.74, 6) is 0. The van der Waals surface area contributed by atoms with Crippen molar-refractivity contribution in [3.8, 4) is 0 Å². The Morgan fingerprint density at radius 1 is 1.57 bits per heavy atom. The molecule has 1 N–H and O–H groups in total. The van der Waals surface area contributed by atoms with E-state index in [2.05, 4.69) is 0 Å². The molecule has 41 valence electrons. The van der Waals surface area contributed by atoms with Gasteiger partial charge in [0.15, 0.2) is 0 Å². The topological polar surface area (TPSA) is 40.1 Å². The average molecular weight is 101 g/mol. The molecule has 0 aliphatic heterocycles. The Balaban J connectivity index is 2.28. The van der Waals surface area contributed by atoms with Crippen LogP contribution in [0.2, 0.25) is 0 Å². The molecule has 0 aromatic carbocycles. The smallest absolute Gasteiger partial charge is 0.0900 e. The summed E-state index contributed by atoms with van der Waals surface area (Å²) in [6.45, 7) is 0. The van der Waals surface area contributed by atoms with Gasteiger partial charge < -0.3 is 5.11 Å². The molecular formula is C5H9O2. The summed E-state index contributed by atoms with van der Waals surface area (Å²) in [5, 5.41) is 18.5. The fourth-order valence-corrected chi connectivity index (χ4v) is 0.525. The Hall–Kier alpha value is -0.0800. The van der Waals surface area contributed by atoms with Crippen LogP contribution < -0.4 is 0 Å². The van der Waals surface area contributed by atoms with Crippen LogP contribution >= 0.6 is 0 Å². The van der Waals surface area contributed by atoms with E-state index in [0.717, 1.165) is 12.8 Å². The lowest BCUT2D eigenvalue weighted by atomic mass is 10.1. The van der Waals surface area contributed by atoms with E-state index < -0.39 is 0 Å². The van der Waals surface area contributed by atoms with E-state index in [1.165, 1.54) is 0 Å². The van der Waals surface area contributed by atoms with E-state index in [4.69, 9.17) is 5.11 Å². The SMILES string of the molecule is [O]CC1(CO)CC1. The second-order valence-corrected chi connectivity index (χ2v) is 2.30. The molecule has 0 saturated heterocycles. The number of hydrogen-bond donors (Lipinski definition) is 1. The second kappa shape index (κ2) is 1.46. The first-order valence-corrected chi connectivity index (χ1v) is 2.52. The maximum absolute atomic E-state index is 10.1. The van der Waals surface area contributed by atoms with E-state index in [-0.39, 0.29) is 18.6 Å². The fraction of sp³-hybridized carbons (Fsp3) is 1.00. The van der Waals surface area contributed by atoms with Gasteiger partial charge in [-0.15, -0.1) is 0 Å². The summed E-state index contributed by atoms with van der Waals surface area (Å²) in [6, 6.07) is 0. The highest BCUT2D eigenvalue weighted by Gasteiger charge is 2.41. The zero-order valence-electron chi connectivity index (χ0n) is 4.18. The minimum Gasteiger partial charge on any atom is -0.396 e. The van der Waals surface area contributed by atoms with Gasteiger partial charge in [0.2, 0.25) is 0 Å². The fourth-order valence-electron chi connectivity index (χ4n) is 0.525. The summed E-state index contributed by atoms with van der Waals surface area (Å²) in [5.41, 5.74) is -0.167. The quantitative estimate of drug-likeness (QED) is 0.530. The third kappa shape index (κ3) is 0.763. The first kappa shape index (κ1) is 5.06. The van der Waals surface area contributed by atoms with Gasteiger partial charge >= 0.3 is 0 Å². The summed E-state index contributed by atoms with van der Waals surface area (Å²) in [6.07, 6.45) is 1.88. The Morgan fingerprint density at radius 2 is 2.14 bits per heavy atom. The summed E-state index contributed by atoms with van der Waals surface area (Å²) in [7, 11) is 0. The van der Waals surface area contributed by atoms with Gasteiger partial charge in [0.25, 0.3) is 0 Å². The molecule has 2 heteroatoms. The highest BCUT2D eigenvalue weighted by molar-refractivity contribution is 4.91. The lowest BCUT2D eigenvalue weighted by Gasteiger charge is -2.00. The Bertz CT molecular complexity index is 60.5. The molecule has 1 fully saturated rings. The highest BCUT2D eigenvalue weighted by atomic mass is 16.3. The molecule has 0 amide bonds. The normalized spacial score (nSPS) is 24.9. The van der Waals surface area contributed by atoms with Crippen LogP contribution in [0.15, 0.2) is 0 Å². The number of aliphatic hydroxyl groups is 1. The lowest BCUT2D eigenvalue weighted by molar-refractivity contribution is 0.0869. The maximum atomic E-state index is 10.1. The van der Waals surface area contributed by atoms with Crippen molar-refractivity contribution in [2.75, 3.05) is 13.2 Å². The molecule has 0 spiro atoms. The molecular weight excluding hydrogens is 92.1 g/mol. The zero-order valence-corrected chi connectivity index (χ0v) is 4.18. The van der Waals surface area contributed by atoms with E-state index in [9.17, 15) is 5.11 Å². The van der Waals surface area contributed by atoms with Crippen molar-refractivity contribution in [2.45, 2.75) is 12.8 Å². The predicted octanol–water partition coefficient (Wildman–Crippen LogP) is 0.189. The molecule has 0 aromatic rings. The van der Waals surface area contributed by atoms with Gasteiger partial charge in [-0.25, -0.2) is 5.11 Å². The van der Waals surface area contributed by atoms with Gasteiger partial charge in [0.05, 0.1) is 13.2 Å². The lowest BCUT2D eigenvalue weighted by Crippen LogP contribution is -2.09. The zero-order chi connectivity index (χ0) is 5.33. The number of hydrogen-bond acceptors (Lipinski definition) is 1. The summed E-state index contributed by atoms with van der Waals surface area (Å²) < 4.78 is 0. The molecule has 7 heavy (non-hydrogen) atoms. The van der Waals surface area contributed by atoms with Crippen LogP contribution in [-0.2, 0) is 5.11 Å². The molecule has 0 atom stereocenters. The van der Waals surface area contributed by atoms with E-state index in [1.54, 1.807) is 0 Å². The van der Waals surface area contributed by atoms with E-state index in [0.29, 0.717) is 0 Å². The molecule has 1 saturated carbocycles. The molecule has 0 bridgehead atoms. The highest BCUT2D eigenvalue weighted by Crippen LogP contribution is 2.44. The number of rotatable bonds is 2. The van der Waals surface area contributed by atoms with Crippen LogP contribution in [0.3, 0.4) is 0 Å². The summed E-state index contributed by atoms with van der Waals surface area (Å²) in [4.78, 5) is 0. The molecule has 2 nitrogen and oxygen atoms in total. The average Bonchev–Trinajstić information content (AvgIpc) is 2.46. The maximum Gasteiger partial charge on any atom is 0.0900 e. The largest absolute Gasteiger partial charge is 0.396 e. The van der Waals surface area contributed by atoms with Gasteiger partial charge in [0, 0.05) is 5.41 Å². The first-order valence-electron chi connectivity index (χ1n) is 2.52. The summed E-state index contributed by atoms with van der Waals surface area (Å²) >= 11 is 0. The molecule has 1 rings (SSSR count). The van der Waals surface area contributed by atoms with Crippen LogP contribution in [0.5, 0.6) is 0 Å². The molecule has 1 radical (unpaired) electrons. The first-order chi connectivity index (χ1) is 3.33. The standard InChI is InChI=1S/C5H9O2/c6-3-5(4-7)1-2-5/h6H,1-4H2. The Morgan fingerprint density at radius 3 is 2.14 bits per heavy atom. The van der Waals surface area contributed by atoms with Gasteiger partial charge in [-0.05, 0) is 12.8 Å². The predicted molar refractivity (Wildman–Crippen MR) is 24.3 cm³/mol. The van der Waals surface area contributed by atoms with Gasteiger partial charge in [-0.3, -0.25) is 0 Å².